The minimum Gasteiger partial charge on any atom is -0.454 e. The zero-order valence-electron chi connectivity index (χ0n) is 14.3. The van der Waals surface area contributed by atoms with Crippen molar-refractivity contribution in [3.05, 3.63) is 33.9 Å². The molecule has 148 valence electrons. The van der Waals surface area contributed by atoms with Crippen LogP contribution >= 0.6 is 0 Å². The molecule has 0 heterocycles. The number of esters is 1. The molecule has 0 spiro atoms. The quantitative estimate of drug-likeness (QED) is 0.402. The SMILES string of the molecule is C[C@H](NC(=O)COC(=O)CNc1ccc(C(F)(F)F)cc1[N+](=O)[O-])C1CC1. The summed E-state index contributed by atoms with van der Waals surface area (Å²) in [5.41, 5.74) is -2.27. The van der Waals surface area contributed by atoms with Crippen LogP contribution in [0, 0.1) is 16.0 Å². The lowest BCUT2D eigenvalue weighted by Crippen LogP contribution is -2.37. The van der Waals surface area contributed by atoms with Crippen LogP contribution in [0.25, 0.3) is 0 Å². The molecule has 0 aliphatic heterocycles. The predicted molar refractivity (Wildman–Crippen MR) is 87.9 cm³/mol. The number of nitro groups is 1. The summed E-state index contributed by atoms with van der Waals surface area (Å²) in [6, 6.07) is 1.88. The molecular weight excluding hydrogens is 371 g/mol. The molecule has 11 heteroatoms. The number of benzene rings is 1. The fourth-order valence-corrected chi connectivity index (χ4v) is 2.38. The normalized spacial score (nSPS) is 15.0. The summed E-state index contributed by atoms with van der Waals surface area (Å²) < 4.78 is 42.7. The van der Waals surface area contributed by atoms with Gasteiger partial charge in [0.2, 0.25) is 0 Å². The Morgan fingerprint density at radius 2 is 2.04 bits per heavy atom. The van der Waals surface area contributed by atoms with Gasteiger partial charge in [-0.25, -0.2) is 0 Å². The molecule has 1 aromatic rings. The van der Waals surface area contributed by atoms with E-state index in [1.165, 1.54) is 0 Å². The highest BCUT2D eigenvalue weighted by Crippen LogP contribution is 2.35. The van der Waals surface area contributed by atoms with Crippen LogP contribution in [0.5, 0.6) is 0 Å². The molecule has 27 heavy (non-hydrogen) atoms. The van der Waals surface area contributed by atoms with E-state index in [-0.39, 0.29) is 11.7 Å². The highest BCUT2D eigenvalue weighted by molar-refractivity contribution is 5.82. The number of amides is 1. The zero-order valence-corrected chi connectivity index (χ0v) is 14.3. The van der Waals surface area contributed by atoms with E-state index in [4.69, 9.17) is 4.74 Å². The zero-order chi connectivity index (χ0) is 20.2. The van der Waals surface area contributed by atoms with Crippen molar-refractivity contribution in [2.75, 3.05) is 18.5 Å². The topological polar surface area (TPSA) is 111 Å². The van der Waals surface area contributed by atoms with Gasteiger partial charge in [0.15, 0.2) is 6.61 Å². The van der Waals surface area contributed by atoms with Crippen molar-refractivity contribution in [3.63, 3.8) is 0 Å². The second kappa shape index (κ2) is 8.23. The molecule has 1 aromatic carbocycles. The molecule has 0 bridgehead atoms. The first-order valence-electron chi connectivity index (χ1n) is 8.12. The number of hydrogen-bond acceptors (Lipinski definition) is 6. The van der Waals surface area contributed by atoms with Crippen LogP contribution in [-0.2, 0) is 20.5 Å². The lowest BCUT2D eigenvalue weighted by molar-refractivity contribution is -0.384. The van der Waals surface area contributed by atoms with Crippen LogP contribution in [0.2, 0.25) is 0 Å². The number of nitrogens with one attached hydrogen (secondary N) is 2. The highest BCUT2D eigenvalue weighted by atomic mass is 19.4. The number of nitro benzene ring substituents is 1. The number of carbonyl (C=O) groups excluding carboxylic acids is 2. The summed E-state index contributed by atoms with van der Waals surface area (Å²) in [6.45, 7) is 0.799. The minimum absolute atomic E-state index is 0.0101. The van der Waals surface area contributed by atoms with E-state index in [2.05, 4.69) is 10.6 Å². The predicted octanol–water partition coefficient (Wildman–Crippen LogP) is 2.48. The van der Waals surface area contributed by atoms with Crippen molar-refractivity contribution in [3.8, 4) is 0 Å². The Labute approximate surface area is 152 Å². The van der Waals surface area contributed by atoms with Gasteiger partial charge in [-0.1, -0.05) is 0 Å². The summed E-state index contributed by atoms with van der Waals surface area (Å²) in [5.74, 6) is -0.909. The molecule has 1 fully saturated rings. The maximum Gasteiger partial charge on any atom is 0.416 e. The Bertz CT molecular complexity index is 735. The first-order chi connectivity index (χ1) is 12.6. The fraction of sp³-hybridized carbons (Fsp3) is 0.500. The number of nitrogens with zero attached hydrogens (tertiary/aromatic N) is 1. The third-order valence-electron chi connectivity index (χ3n) is 4.03. The molecule has 0 saturated heterocycles. The molecule has 2 N–H and O–H groups in total. The van der Waals surface area contributed by atoms with Gasteiger partial charge in [0, 0.05) is 12.1 Å². The number of anilines is 1. The summed E-state index contributed by atoms with van der Waals surface area (Å²) in [5, 5.41) is 16.0. The maximum absolute atomic E-state index is 12.6. The van der Waals surface area contributed by atoms with Gasteiger partial charge in [0.25, 0.3) is 11.6 Å². The van der Waals surface area contributed by atoms with Crippen LogP contribution in [0.1, 0.15) is 25.3 Å². The molecule has 1 amide bonds. The van der Waals surface area contributed by atoms with Gasteiger partial charge >= 0.3 is 12.1 Å². The van der Waals surface area contributed by atoms with Gasteiger partial charge in [0.1, 0.15) is 12.2 Å². The monoisotopic (exact) mass is 389 g/mol. The van der Waals surface area contributed by atoms with Crippen LogP contribution < -0.4 is 10.6 Å². The molecule has 1 aliphatic rings. The number of alkyl halides is 3. The van der Waals surface area contributed by atoms with Gasteiger partial charge in [0.05, 0.1) is 10.5 Å². The van der Waals surface area contributed by atoms with Crippen molar-refractivity contribution >= 4 is 23.3 Å². The van der Waals surface area contributed by atoms with Crippen LogP contribution in [-0.4, -0.2) is 36.0 Å². The van der Waals surface area contributed by atoms with Crippen molar-refractivity contribution in [1.82, 2.24) is 5.32 Å². The molecule has 1 atom stereocenters. The molecule has 0 radical (unpaired) electrons. The largest absolute Gasteiger partial charge is 0.454 e. The van der Waals surface area contributed by atoms with Crippen LogP contribution in [0.4, 0.5) is 24.5 Å². The van der Waals surface area contributed by atoms with Crippen molar-refractivity contribution in [2.45, 2.75) is 32.0 Å². The number of hydrogen-bond donors (Lipinski definition) is 2. The van der Waals surface area contributed by atoms with Gasteiger partial charge in [-0.2, -0.15) is 13.2 Å². The Balaban J connectivity index is 1.86. The molecule has 2 rings (SSSR count). The van der Waals surface area contributed by atoms with Gasteiger partial charge < -0.3 is 15.4 Å². The second-order valence-corrected chi connectivity index (χ2v) is 6.19. The molecular formula is C16H18F3N3O5. The fourth-order valence-electron chi connectivity index (χ4n) is 2.38. The summed E-state index contributed by atoms with van der Waals surface area (Å²) in [6.07, 6.45) is -2.65. The van der Waals surface area contributed by atoms with Crippen molar-refractivity contribution in [1.29, 1.82) is 0 Å². The average Bonchev–Trinajstić information content (AvgIpc) is 3.42. The molecule has 0 aromatic heterocycles. The van der Waals surface area contributed by atoms with Crippen LogP contribution in [0.15, 0.2) is 18.2 Å². The average molecular weight is 389 g/mol. The summed E-state index contributed by atoms with van der Waals surface area (Å²) in [7, 11) is 0. The lowest BCUT2D eigenvalue weighted by Gasteiger charge is -2.13. The van der Waals surface area contributed by atoms with E-state index >= 15 is 0 Å². The number of ether oxygens (including phenoxy) is 1. The van der Waals surface area contributed by atoms with E-state index < -0.39 is 47.4 Å². The Morgan fingerprint density at radius 3 is 2.59 bits per heavy atom. The standard InChI is InChI=1S/C16H18F3N3O5/c1-9(10-2-3-10)21-14(23)8-27-15(24)7-20-12-5-4-11(16(17,18)19)6-13(12)22(25)26/h4-6,9-10,20H,2-3,7-8H2,1H3,(H,21,23)/t9-/m0/s1. The third-order valence-corrected chi connectivity index (χ3v) is 4.03. The van der Waals surface area contributed by atoms with E-state index in [9.17, 15) is 32.9 Å². The molecule has 8 nitrogen and oxygen atoms in total. The minimum atomic E-state index is -4.73. The molecule has 0 unspecified atom stereocenters. The van der Waals surface area contributed by atoms with E-state index in [0.717, 1.165) is 18.9 Å². The first kappa shape index (κ1) is 20.5. The van der Waals surface area contributed by atoms with E-state index in [1.54, 1.807) is 0 Å². The van der Waals surface area contributed by atoms with E-state index in [1.807, 2.05) is 6.92 Å². The third kappa shape index (κ3) is 6.12. The second-order valence-electron chi connectivity index (χ2n) is 6.19. The number of halogens is 3. The maximum atomic E-state index is 12.6. The van der Waals surface area contributed by atoms with Crippen LogP contribution in [0.3, 0.4) is 0 Å². The summed E-state index contributed by atoms with van der Waals surface area (Å²) in [4.78, 5) is 33.2. The summed E-state index contributed by atoms with van der Waals surface area (Å²) >= 11 is 0. The lowest BCUT2D eigenvalue weighted by atomic mass is 10.1. The molecule has 1 saturated carbocycles. The Kier molecular flexibility index (Phi) is 6.24. The Hall–Kier alpha value is -2.85. The number of rotatable bonds is 8. The van der Waals surface area contributed by atoms with E-state index in [0.29, 0.717) is 18.1 Å². The number of carbonyl (C=O) groups is 2. The van der Waals surface area contributed by atoms with Crippen molar-refractivity contribution in [2.24, 2.45) is 5.92 Å². The smallest absolute Gasteiger partial charge is 0.416 e. The first-order valence-corrected chi connectivity index (χ1v) is 8.12. The Morgan fingerprint density at radius 1 is 1.37 bits per heavy atom. The molecule has 1 aliphatic carbocycles. The highest BCUT2D eigenvalue weighted by Gasteiger charge is 2.33. The van der Waals surface area contributed by atoms with Crippen molar-refractivity contribution < 1.29 is 32.4 Å². The van der Waals surface area contributed by atoms with Gasteiger partial charge in [-0.15, -0.1) is 0 Å². The van der Waals surface area contributed by atoms with Gasteiger partial charge in [-0.05, 0) is 37.8 Å². The van der Waals surface area contributed by atoms with Gasteiger partial charge in [-0.3, -0.25) is 19.7 Å².